The second-order valence-electron chi connectivity index (χ2n) is 5.49. The van der Waals surface area contributed by atoms with Gasteiger partial charge >= 0.3 is 0 Å². The molecule has 1 heterocycles. The van der Waals surface area contributed by atoms with Crippen molar-refractivity contribution in [1.82, 2.24) is 10.6 Å². The van der Waals surface area contributed by atoms with Crippen molar-refractivity contribution in [3.63, 3.8) is 0 Å². The van der Waals surface area contributed by atoms with E-state index in [-0.39, 0.29) is 5.91 Å². The molecule has 4 nitrogen and oxygen atoms in total. The van der Waals surface area contributed by atoms with Gasteiger partial charge in [0.05, 0.1) is 5.41 Å². The molecule has 1 amide bonds. The smallest absolute Gasteiger partial charge is 0.229 e. The summed E-state index contributed by atoms with van der Waals surface area (Å²) in [7, 11) is 1.68. The van der Waals surface area contributed by atoms with E-state index in [9.17, 15) is 4.79 Å². The summed E-state index contributed by atoms with van der Waals surface area (Å²) in [5, 5.41) is 6.07. The highest BCUT2D eigenvalue weighted by Gasteiger charge is 2.28. The zero-order valence-electron chi connectivity index (χ0n) is 12.0. The van der Waals surface area contributed by atoms with Crippen LogP contribution in [0.15, 0.2) is 24.3 Å². The molecule has 2 rings (SSSR count). The molecule has 0 atom stereocenters. The molecule has 0 radical (unpaired) electrons. The monoisotopic (exact) mass is 261 g/mol. The fraction of sp³-hybridized carbons (Fsp3) is 0.533. The second-order valence-corrected chi connectivity index (χ2v) is 5.49. The molecule has 1 aromatic rings. The first-order valence-electron chi connectivity index (χ1n) is 6.84. The first kappa shape index (κ1) is 13.9. The molecule has 19 heavy (non-hydrogen) atoms. The predicted molar refractivity (Wildman–Crippen MR) is 78.6 cm³/mol. The minimum atomic E-state index is -0.489. The number of hydrogen-bond acceptors (Lipinski definition) is 3. The van der Waals surface area contributed by atoms with Crippen LogP contribution in [-0.2, 0) is 10.2 Å². The Bertz CT molecular complexity index is 433. The fourth-order valence-corrected chi connectivity index (χ4v) is 2.46. The van der Waals surface area contributed by atoms with Crippen LogP contribution in [0, 0.1) is 0 Å². The van der Waals surface area contributed by atoms with Crippen molar-refractivity contribution in [2.45, 2.75) is 19.3 Å². The highest BCUT2D eigenvalue weighted by molar-refractivity contribution is 5.87. The van der Waals surface area contributed by atoms with Crippen LogP contribution in [0.2, 0.25) is 0 Å². The summed E-state index contributed by atoms with van der Waals surface area (Å²) in [5.74, 6) is 0.0439. The first-order valence-corrected chi connectivity index (χ1v) is 6.84. The Hall–Kier alpha value is -1.55. The Morgan fingerprint density at radius 3 is 2.32 bits per heavy atom. The van der Waals surface area contributed by atoms with E-state index in [1.807, 2.05) is 13.8 Å². The highest BCUT2D eigenvalue weighted by atomic mass is 16.2. The Balaban J connectivity index is 2.15. The zero-order chi connectivity index (χ0) is 13.9. The molecule has 0 aliphatic carbocycles. The predicted octanol–water partition coefficient (Wildman–Crippen LogP) is 1.12. The number of anilines is 1. The molecule has 0 unspecified atom stereocenters. The van der Waals surface area contributed by atoms with Gasteiger partial charge in [0.25, 0.3) is 0 Å². The lowest BCUT2D eigenvalue weighted by Crippen LogP contribution is -2.43. The van der Waals surface area contributed by atoms with Crippen molar-refractivity contribution in [2.24, 2.45) is 0 Å². The van der Waals surface area contributed by atoms with Gasteiger partial charge in [0.15, 0.2) is 0 Å². The summed E-state index contributed by atoms with van der Waals surface area (Å²) in [6, 6.07) is 8.36. The van der Waals surface area contributed by atoms with E-state index >= 15 is 0 Å². The molecule has 1 aliphatic rings. The maximum Gasteiger partial charge on any atom is 0.229 e. The van der Waals surface area contributed by atoms with Crippen molar-refractivity contribution in [3.8, 4) is 0 Å². The van der Waals surface area contributed by atoms with Gasteiger partial charge in [-0.1, -0.05) is 12.1 Å². The molecule has 4 heteroatoms. The van der Waals surface area contributed by atoms with Crippen molar-refractivity contribution in [3.05, 3.63) is 29.8 Å². The van der Waals surface area contributed by atoms with Crippen LogP contribution < -0.4 is 15.5 Å². The van der Waals surface area contributed by atoms with Gasteiger partial charge in [-0.25, -0.2) is 0 Å². The van der Waals surface area contributed by atoms with E-state index in [0.29, 0.717) is 0 Å². The van der Waals surface area contributed by atoms with Crippen molar-refractivity contribution < 1.29 is 4.79 Å². The molecule has 1 aromatic carbocycles. The average molecular weight is 261 g/mol. The van der Waals surface area contributed by atoms with Gasteiger partial charge in [-0.3, -0.25) is 4.79 Å². The van der Waals surface area contributed by atoms with Gasteiger partial charge < -0.3 is 15.5 Å². The molecule has 1 aliphatic heterocycles. The van der Waals surface area contributed by atoms with E-state index in [1.54, 1.807) is 7.05 Å². The number of benzene rings is 1. The average Bonchev–Trinajstić information content (AvgIpc) is 2.47. The zero-order valence-corrected chi connectivity index (χ0v) is 12.0. The molecule has 0 saturated carbocycles. The molecule has 0 spiro atoms. The molecule has 104 valence electrons. The van der Waals surface area contributed by atoms with Gasteiger partial charge in [0.1, 0.15) is 0 Å². The van der Waals surface area contributed by atoms with E-state index in [4.69, 9.17) is 0 Å². The Morgan fingerprint density at radius 1 is 1.21 bits per heavy atom. The second kappa shape index (κ2) is 5.61. The number of nitrogens with zero attached hydrogens (tertiary/aromatic N) is 1. The van der Waals surface area contributed by atoms with Gasteiger partial charge in [0, 0.05) is 38.9 Å². The van der Waals surface area contributed by atoms with Crippen molar-refractivity contribution in [1.29, 1.82) is 0 Å². The van der Waals surface area contributed by atoms with E-state index < -0.39 is 5.41 Å². The summed E-state index contributed by atoms with van der Waals surface area (Å²) >= 11 is 0. The van der Waals surface area contributed by atoms with Crippen LogP contribution in [0.5, 0.6) is 0 Å². The van der Waals surface area contributed by atoms with Gasteiger partial charge in [-0.15, -0.1) is 0 Å². The van der Waals surface area contributed by atoms with Crippen molar-refractivity contribution in [2.75, 3.05) is 38.1 Å². The maximum atomic E-state index is 11.9. The maximum absolute atomic E-state index is 11.9. The number of hydrogen-bond donors (Lipinski definition) is 2. The molecular formula is C15H23N3O. The number of likely N-dealkylation sites (N-methyl/N-ethyl adjacent to an activating group) is 1. The summed E-state index contributed by atoms with van der Waals surface area (Å²) in [6.07, 6.45) is 0. The lowest BCUT2D eigenvalue weighted by Gasteiger charge is -2.30. The first-order chi connectivity index (χ1) is 9.05. The van der Waals surface area contributed by atoms with Crippen LogP contribution in [0.4, 0.5) is 5.69 Å². The van der Waals surface area contributed by atoms with Crippen LogP contribution in [0.25, 0.3) is 0 Å². The van der Waals surface area contributed by atoms with E-state index in [2.05, 4.69) is 39.8 Å². The quantitative estimate of drug-likeness (QED) is 0.857. The number of nitrogens with one attached hydrogen (secondary N) is 2. The van der Waals surface area contributed by atoms with E-state index in [1.165, 1.54) is 5.69 Å². The number of carbonyl (C=O) groups is 1. The normalized spacial score (nSPS) is 16.3. The Kier molecular flexibility index (Phi) is 4.10. The molecular weight excluding hydrogens is 238 g/mol. The third-order valence-electron chi connectivity index (χ3n) is 3.87. The number of carbonyl (C=O) groups excluding carboxylic acids is 1. The molecule has 1 saturated heterocycles. The summed E-state index contributed by atoms with van der Waals surface area (Å²) in [4.78, 5) is 14.3. The Labute approximate surface area is 115 Å². The highest BCUT2D eigenvalue weighted by Crippen LogP contribution is 2.26. The van der Waals surface area contributed by atoms with Crippen molar-refractivity contribution >= 4 is 11.6 Å². The minimum Gasteiger partial charge on any atom is -0.369 e. The number of rotatable bonds is 3. The fourth-order valence-electron chi connectivity index (χ4n) is 2.46. The minimum absolute atomic E-state index is 0.0439. The third-order valence-corrected chi connectivity index (χ3v) is 3.87. The summed E-state index contributed by atoms with van der Waals surface area (Å²) in [6.45, 7) is 8.05. The molecule has 1 fully saturated rings. The topological polar surface area (TPSA) is 44.4 Å². The standard InChI is InChI=1S/C15H23N3O/c1-15(2,14(19)16-3)12-4-6-13(7-5-12)18-10-8-17-9-11-18/h4-7,17H,8-11H2,1-3H3,(H,16,19). The lowest BCUT2D eigenvalue weighted by molar-refractivity contribution is -0.125. The van der Waals surface area contributed by atoms with Crippen LogP contribution in [0.3, 0.4) is 0 Å². The number of piperazine rings is 1. The molecule has 0 bridgehead atoms. The van der Waals surface area contributed by atoms with E-state index in [0.717, 1.165) is 31.7 Å². The molecule has 0 aromatic heterocycles. The molecule has 2 N–H and O–H groups in total. The van der Waals surface area contributed by atoms with Gasteiger partial charge in [-0.2, -0.15) is 0 Å². The Morgan fingerprint density at radius 2 is 1.79 bits per heavy atom. The SMILES string of the molecule is CNC(=O)C(C)(C)c1ccc(N2CCNCC2)cc1. The van der Waals surface area contributed by atoms with Crippen LogP contribution in [0.1, 0.15) is 19.4 Å². The van der Waals surface area contributed by atoms with Gasteiger partial charge in [-0.05, 0) is 31.5 Å². The third kappa shape index (κ3) is 2.89. The number of amides is 1. The summed E-state index contributed by atoms with van der Waals surface area (Å²) < 4.78 is 0. The van der Waals surface area contributed by atoms with Gasteiger partial charge in [0.2, 0.25) is 5.91 Å². The van der Waals surface area contributed by atoms with Crippen LogP contribution in [-0.4, -0.2) is 39.1 Å². The summed E-state index contributed by atoms with van der Waals surface area (Å²) in [5.41, 5.74) is 1.79. The largest absolute Gasteiger partial charge is 0.369 e. The lowest BCUT2D eigenvalue weighted by atomic mass is 9.83. The van der Waals surface area contributed by atoms with Crippen LogP contribution >= 0.6 is 0 Å².